The van der Waals surface area contributed by atoms with E-state index in [0.717, 1.165) is 0 Å². The summed E-state index contributed by atoms with van der Waals surface area (Å²) in [6.07, 6.45) is 11.7. The summed E-state index contributed by atoms with van der Waals surface area (Å²) < 4.78 is 0. The molecule has 0 spiro atoms. The second-order valence-electron chi connectivity index (χ2n) is 12.3. The van der Waals surface area contributed by atoms with Crippen molar-refractivity contribution in [1.29, 1.82) is 0 Å². The van der Waals surface area contributed by atoms with Gasteiger partial charge < -0.3 is 10.6 Å². The standard InChI is InChI=1S/C27H49N2P2.C5H5.Fe/c1-7-25(3,4)31(26(5,6)8-2)20-21-14-13-15-22(21)27(30,23-16-9-11-18-28-23)24-17-10-12-19-29-24;1-2-4-5-3-1;/h13-15,23-24,28-29H,7-12,16-20,30H2,1-6H3;1-5H;/q2*-1;+2. The number of piperidine rings is 2. The van der Waals surface area contributed by atoms with Gasteiger partial charge in [0, 0.05) is 17.2 Å². The van der Waals surface area contributed by atoms with Crippen LogP contribution in [-0.4, -0.2) is 35.5 Å². The molecule has 3 unspecified atom stereocenters. The molecule has 3 atom stereocenters. The molecule has 2 aromatic carbocycles. The van der Waals surface area contributed by atoms with Gasteiger partial charge in [-0.25, -0.2) is 18.2 Å². The Morgan fingerprint density at radius 3 is 1.76 bits per heavy atom. The van der Waals surface area contributed by atoms with Crippen LogP contribution in [0.1, 0.15) is 104 Å². The molecule has 0 amide bonds. The minimum atomic E-state index is -0.146. The molecule has 2 saturated heterocycles. The van der Waals surface area contributed by atoms with Gasteiger partial charge >= 0.3 is 17.1 Å². The van der Waals surface area contributed by atoms with Crippen molar-refractivity contribution in [3.05, 3.63) is 59.7 Å². The van der Waals surface area contributed by atoms with E-state index in [9.17, 15) is 0 Å². The van der Waals surface area contributed by atoms with Gasteiger partial charge in [0.15, 0.2) is 0 Å². The summed E-state index contributed by atoms with van der Waals surface area (Å²) in [5.74, 6) is 0. The predicted molar refractivity (Wildman–Crippen MR) is 166 cm³/mol. The van der Waals surface area contributed by atoms with Crippen LogP contribution in [0.5, 0.6) is 0 Å². The Hall–Kier alpha value is -0.000519. The van der Waals surface area contributed by atoms with E-state index in [4.69, 9.17) is 0 Å². The molecular formula is C32H54FeN2P2. The SMILES string of the molecule is CCC(C)(C)P(Cc1cc[cH-]c1C(P)(C1CCCCN1)C1CCCCN1)C(C)(C)CC.[Fe+2].c1cc[cH-]c1. The van der Waals surface area contributed by atoms with Gasteiger partial charge in [-0.1, -0.05) is 60.5 Å². The van der Waals surface area contributed by atoms with Crippen molar-refractivity contribution in [3.8, 4) is 0 Å². The first-order valence-corrected chi connectivity index (χ1v) is 16.7. The Morgan fingerprint density at radius 1 is 0.865 bits per heavy atom. The predicted octanol–water partition coefficient (Wildman–Crippen LogP) is 8.52. The first-order valence-electron chi connectivity index (χ1n) is 14.6. The zero-order chi connectivity index (χ0) is 26.2. The maximum absolute atomic E-state index is 3.95. The van der Waals surface area contributed by atoms with Gasteiger partial charge in [0.25, 0.3) is 0 Å². The molecule has 2 aliphatic heterocycles. The molecule has 210 valence electrons. The zero-order valence-electron chi connectivity index (χ0n) is 24.4. The summed E-state index contributed by atoms with van der Waals surface area (Å²) in [4.78, 5) is 0. The second kappa shape index (κ2) is 15.1. The van der Waals surface area contributed by atoms with Crippen LogP contribution in [0.15, 0.2) is 48.5 Å². The molecule has 37 heavy (non-hydrogen) atoms. The van der Waals surface area contributed by atoms with E-state index in [1.54, 1.807) is 11.1 Å². The van der Waals surface area contributed by atoms with Crippen LogP contribution in [0.3, 0.4) is 0 Å². The van der Waals surface area contributed by atoms with Crippen molar-refractivity contribution in [2.24, 2.45) is 0 Å². The van der Waals surface area contributed by atoms with Gasteiger partial charge in [0.05, 0.1) is 0 Å². The molecule has 2 nitrogen and oxygen atoms in total. The van der Waals surface area contributed by atoms with E-state index in [0.29, 0.717) is 22.4 Å². The Bertz CT molecular complexity index is 810. The molecule has 2 aromatic rings. The molecule has 2 N–H and O–H groups in total. The average molecular weight is 585 g/mol. The summed E-state index contributed by atoms with van der Waals surface area (Å²) in [6, 6.07) is 18.4. The van der Waals surface area contributed by atoms with Crippen molar-refractivity contribution in [1.82, 2.24) is 10.6 Å². The third-order valence-electron chi connectivity index (χ3n) is 9.22. The summed E-state index contributed by atoms with van der Waals surface area (Å²) >= 11 is 0. The van der Waals surface area contributed by atoms with Crippen molar-refractivity contribution in [3.63, 3.8) is 0 Å². The molecule has 0 aromatic heterocycles. The minimum absolute atomic E-state index is 0. The zero-order valence-corrected chi connectivity index (χ0v) is 27.6. The molecule has 0 aliphatic carbocycles. The maximum atomic E-state index is 3.95. The van der Waals surface area contributed by atoms with Crippen molar-refractivity contribution in [2.75, 3.05) is 13.1 Å². The maximum Gasteiger partial charge on any atom is 2.00 e. The summed E-state index contributed by atoms with van der Waals surface area (Å²) in [6.45, 7) is 17.2. The molecule has 0 saturated carbocycles. The third kappa shape index (κ3) is 8.26. The normalized spacial score (nSPS) is 22.5. The first kappa shape index (κ1) is 33.2. The van der Waals surface area contributed by atoms with Gasteiger partial charge in [0.2, 0.25) is 0 Å². The number of hydrogen-bond donors (Lipinski definition) is 2. The molecule has 2 heterocycles. The van der Waals surface area contributed by atoms with Crippen LogP contribution in [0.25, 0.3) is 0 Å². The number of rotatable bonds is 9. The van der Waals surface area contributed by atoms with Crippen LogP contribution < -0.4 is 10.6 Å². The van der Waals surface area contributed by atoms with Crippen molar-refractivity contribution < 1.29 is 17.1 Å². The van der Waals surface area contributed by atoms with E-state index < -0.39 is 0 Å². The van der Waals surface area contributed by atoms with Crippen LogP contribution in [0.4, 0.5) is 0 Å². The summed E-state index contributed by atoms with van der Waals surface area (Å²) in [5, 5.41) is 8.80. The third-order valence-corrected chi connectivity index (χ3v) is 14.6. The fraction of sp³-hybridized carbons (Fsp3) is 0.688. The van der Waals surface area contributed by atoms with Gasteiger partial charge in [-0.05, 0) is 61.9 Å². The minimum Gasteiger partial charge on any atom is -0.313 e. The van der Waals surface area contributed by atoms with Gasteiger partial charge in [0.1, 0.15) is 0 Å². The van der Waals surface area contributed by atoms with Crippen LogP contribution in [0, 0.1) is 0 Å². The summed E-state index contributed by atoms with van der Waals surface area (Å²) in [5.41, 5.74) is 3.24. The number of nitrogens with one attached hydrogen (secondary N) is 2. The van der Waals surface area contributed by atoms with E-state index >= 15 is 0 Å². The first-order chi connectivity index (χ1) is 17.2. The average Bonchev–Trinajstić information content (AvgIpc) is 3.63. The number of hydrogen-bond acceptors (Lipinski definition) is 2. The fourth-order valence-electron chi connectivity index (χ4n) is 6.28. The van der Waals surface area contributed by atoms with Crippen molar-refractivity contribution >= 4 is 17.2 Å². The molecule has 2 fully saturated rings. The molecule has 2 aliphatic rings. The van der Waals surface area contributed by atoms with Gasteiger partial charge in [-0.2, -0.15) is 41.5 Å². The second-order valence-corrected chi connectivity index (χ2v) is 16.8. The van der Waals surface area contributed by atoms with Gasteiger partial charge in [-0.3, -0.25) is 0 Å². The Labute approximate surface area is 243 Å². The van der Waals surface area contributed by atoms with Gasteiger partial charge in [-0.15, -0.1) is 17.2 Å². The Kier molecular flexibility index (Phi) is 13.6. The van der Waals surface area contributed by atoms with E-state index in [1.807, 2.05) is 30.3 Å². The topological polar surface area (TPSA) is 24.1 Å². The van der Waals surface area contributed by atoms with E-state index in [2.05, 4.69) is 79.6 Å². The van der Waals surface area contributed by atoms with E-state index in [-0.39, 0.29) is 30.1 Å². The molecule has 5 heteroatoms. The Balaban J connectivity index is 0.000000716. The van der Waals surface area contributed by atoms with Crippen LogP contribution in [-0.2, 0) is 28.4 Å². The molecule has 0 bridgehead atoms. The fourth-order valence-corrected chi connectivity index (χ4v) is 11.0. The van der Waals surface area contributed by atoms with Crippen LogP contribution in [0.2, 0.25) is 0 Å². The Morgan fingerprint density at radius 2 is 1.38 bits per heavy atom. The monoisotopic (exact) mass is 584 g/mol. The van der Waals surface area contributed by atoms with Crippen molar-refractivity contribution in [2.45, 2.75) is 127 Å². The summed E-state index contributed by atoms with van der Waals surface area (Å²) in [7, 11) is 3.27. The van der Waals surface area contributed by atoms with Crippen LogP contribution >= 0.6 is 17.2 Å². The molecule has 0 radical (unpaired) electrons. The molecule has 4 rings (SSSR count). The van der Waals surface area contributed by atoms with E-state index in [1.165, 1.54) is 70.6 Å². The largest absolute Gasteiger partial charge is 2.00 e. The molecular weight excluding hydrogens is 530 g/mol. The smallest absolute Gasteiger partial charge is 0.313 e. The quantitative estimate of drug-likeness (QED) is 0.175.